The molecule has 1 aromatic carbocycles. The molecule has 0 fully saturated rings. The predicted molar refractivity (Wildman–Crippen MR) is 94.7 cm³/mol. The van der Waals surface area contributed by atoms with Crippen molar-refractivity contribution in [2.45, 2.75) is 6.92 Å². The van der Waals surface area contributed by atoms with Gasteiger partial charge in [-0.05, 0) is 24.6 Å². The zero-order valence-corrected chi connectivity index (χ0v) is 13.8. The number of nitrogens with one attached hydrogen (secondary N) is 1. The van der Waals surface area contributed by atoms with Gasteiger partial charge in [-0.2, -0.15) is 0 Å². The largest absolute Gasteiger partial charge is 0.506 e. The van der Waals surface area contributed by atoms with Gasteiger partial charge in [-0.15, -0.1) is 10.2 Å². The van der Waals surface area contributed by atoms with Gasteiger partial charge in [-0.1, -0.05) is 17.7 Å². The second-order valence-electron chi connectivity index (χ2n) is 5.55. The Morgan fingerprint density at radius 2 is 2.08 bits per heavy atom. The number of phenols is 1. The maximum absolute atomic E-state index is 9.99. The minimum atomic E-state index is 0.0404. The van der Waals surface area contributed by atoms with Crippen molar-refractivity contribution in [3.63, 3.8) is 0 Å². The summed E-state index contributed by atoms with van der Waals surface area (Å²) in [6, 6.07) is 7.33. The molecule has 3 aromatic heterocycles. The summed E-state index contributed by atoms with van der Waals surface area (Å²) in [5.74, 6) is 0.801. The first kappa shape index (κ1) is 14.7. The predicted octanol–water partition coefficient (Wildman–Crippen LogP) is 3.65. The fourth-order valence-corrected chi connectivity index (χ4v) is 3.22. The van der Waals surface area contributed by atoms with Gasteiger partial charge in [0, 0.05) is 35.8 Å². The van der Waals surface area contributed by atoms with Crippen LogP contribution in [-0.4, -0.2) is 31.7 Å². The Kier molecular flexibility index (Phi) is 3.28. The molecule has 2 N–H and O–H groups in total. The van der Waals surface area contributed by atoms with E-state index in [1.54, 1.807) is 18.6 Å². The van der Waals surface area contributed by atoms with Gasteiger partial charge in [0.05, 0.1) is 10.5 Å². The molecule has 0 saturated heterocycles. The molecule has 0 amide bonds. The van der Waals surface area contributed by atoms with Crippen LogP contribution in [0.2, 0.25) is 5.02 Å². The second kappa shape index (κ2) is 5.35. The number of fused-ring (bicyclic) bond motifs is 3. The first-order chi connectivity index (χ1) is 11.6. The number of hydrogen-bond acceptors (Lipinski definition) is 5. The lowest BCUT2D eigenvalue weighted by Crippen LogP contribution is -1.97. The number of nitrogens with zero attached hydrogens (tertiary/aromatic N) is 4. The number of pyridine rings is 2. The molecule has 3 heterocycles. The third kappa shape index (κ3) is 2.07. The Morgan fingerprint density at radius 1 is 1.25 bits per heavy atom. The summed E-state index contributed by atoms with van der Waals surface area (Å²) >= 11 is 6.37. The van der Waals surface area contributed by atoms with Crippen LogP contribution in [0.4, 0.5) is 5.82 Å². The number of halogens is 1. The normalized spacial score (nSPS) is 11.3. The molecular formula is C17H14ClN5O. The molecule has 7 heteroatoms. The van der Waals surface area contributed by atoms with Crippen molar-refractivity contribution in [1.82, 2.24) is 19.6 Å². The Labute approximate surface area is 142 Å². The van der Waals surface area contributed by atoms with Crippen molar-refractivity contribution in [3.8, 4) is 16.9 Å². The summed E-state index contributed by atoms with van der Waals surface area (Å²) in [5.41, 5.74) is 4.10. The van der Waals surface area contributed by atoms with Crippen LogP contribution in [0.5, 0.6) is 5.75 Å². The van der Waals surface area contributed by atoms with Crippen LogP contribution in [0.15, 0.2) is 36.8 Å². The second-order valence-corrected chi connectivity index (χ2v) is 5.93. The summed E-state index contributed by atoms with van der Waals surface area (Å²) in [5, 5.41) is 22.5. The molecule has 120 valence electrons. The van der Waals surface area contributed by atoms with Crippen molar-refractivity contribution in [2.75, 3.05) is 12.4 Å². The van der Waals surface area contributed by atoms with Crippen LogP contribution < -0.4 is 5.32 Å². The van der Waals surface area contributed by atoms with E-state index in [4.69, 9.17) is 11.6 Å². The Hall–Kier alpha value is -2.86. The van der Waals surface area contributed by atoms with E-state index < -0.39 is 0 Å². The van der Waals surface area contributed by atoms with Crippen molar-refractivity contribution in [3.05, 3.63) is 47.4 Å². The van der Waals surface area contributed by atoms with Crippen LogP contribution >= 0.6 is 11.6 Å². The van der Waals surface area contributed by atoms with E-state index in [0.29, 0.717) is 10.7 Å². The molecule has 0 bridgehead atoms. The van der Waals surface area contributed by atoms with Crippen molar-refractivity contribution < 1.29 is 5.11 Å². The standard InChI is InChI=1S/C17H14ClN5O/c1-9-3-4-13(24)16(18)15(9)11-5-10-7-20-14(19-2)6-12(10)23-8-21-22-17(11)23/h3-8,24H,1-2H3,(H,19,20). The molecule has 0 aliphatic heterocycles. The molecule has 0 spiro atoms. The van der Waals surface area contributed by atoms with Gasteiger partial charge < -0.3 is 10.4 Å². The minimum absolute atomic E-state index is 0.0404. The highest BCUT2D eigenvalue weighted by Crippen LogP contribution is 2.39. The minimum Gasteiger partial charge on any atom is -0.506 e. The first-order valence-electron chi connectivity index (χ1n) is 7.39. The third-order valence-corrected chi connectivity index (χ3v) is 4.50. The van der Waals surface area contributed by atoms with E-state index >= 15 is 0 Å². The maximum atomic E-state index is 9.99. The molecule has 24 heavy (non-hydrogen) atoms. The fourth-order valence-electron chi connectivity index (χ4n) is 2.90. The number of anilines is 1. The maximum Gasteiger partial charge on any atom is 0.169 e. The molecule has 0 aliphatic carbocycles. The monoisotopic (exact) mass is 339 g/mol. The molecule has 0 unspecified atom stereocenters. The molecule has 6 nitrogen and oxygen atoms in total. The Balaban J connectivity index is 2.13. The number of aromatic nitrogens is 4. The van der Waals surface area contributed by atoms with E-state index in [1.165, 1.54) is 0 Å². The van der Waals surface area contributed by atoms with E-state index in [1.807, 2.05) is 36.6 Å². The van der Waals surface area contributed by atoms with Crippen molar-refractivity contribution in [1.29, 1.82) is 0 Å². The molecule has 0 saturated carbocycles. The van der Waals surface area contributed by atoms with Gasteiger partial charge in [-0.25, -0.2) is 4.98 Å². The van der Waals surface area contributed by atoms with Gasteiger partial charge in [0.2, 0.25) is 0 Å². The smallest absolute Gasteiger partial charge is 0.169 e. The highest BCUT2D eigenvalue weighted by atomic mass is 35.5. The van der Waals surface area contributed by atoms with Crippen LogP contribution in [0.1, 0.15) is 5.56 Å². The number of aryl methyl sites for hydroxylation is 1. The number of aromatic hydroxyl groups is 1. The summed E-state index contributed by atoms with van der Waals surface area (Å²) in [6.07, 6.45) is 3.45. The van der Waals surface area contributed by atoms with E-state index in [9.17, 15) is 5.11 Å². The molecule has 0 atom stereocenters. The zero-order valence-electron chi connectivity index (χ0n) is 13.1. The molecule has 0 radical (unpaired) electrons. The Bertz CT molecular complexity index is 1090. The van der Waals surface area contributed by atoms with Gasteiger partial charge in [-0.3, -0.25) is 4.40 Å². The number of rotatable bonds is 2. The molecule has 0 aliphatic rings. The molecule has 4 rings (SSSR count). The lowest BCUT2D eigenvalue weighted by molar-refractivity contribution is 0.475. The molecular weight excluding hydrogens is 326 g/mol. The topological polar surface area (TPSA) is 75.3 Å². The van der Waals surface area contributed by atoms with Crippen LogP contribution in [0.25, 0.3) is 27.7 Å². The fraction of sp³-hybridized carbons (Fsp3) is 0.118. The number of benzene rings is 1. The highest BCUT2D eigenvalue weighted by molar-refractivity contribution is 6.35. The summed E-state index contributed by atoms with van der Waals surface area (Å²) in [4.78, 5) is 4.37. The number of phenolic OH excluding ortho intramolecular Hbond substituents is 1. The van der Waals surface area contributed by atoms with Gasteiger partial charge in [0.1, 0.15) is 17.9 Å². The SMILES string of the molecule is CNc1cc2c(cn1)cc(-c1c(C)ccc(O)c1Cl)c1nncn12. The first-order valence-corrected chi connectivity index (χ1v) is 7.76. The van der Waals surface area contributed by atoms with Crippen molar-refractivity contribution in [2.24, 2.45) is 0 Å². The molecule has 4 aromatic rings. The van der Waals surface area contributed by atoms with E-state index in [2.05, 4.69) is 20.5 Å². The summed E-state index contributed by atoms with van der Waals surface area (Å²) in [6.45, 7) is 1.94. The Morgan fingerprint density at radius 3 is 2.88 bits per heavy atom. The summed E-state index contributed by atoms with van der Waals surface area (Å²) < 4.78 is 1.90. The quantitative estimate of drug-likeness (QED) is 0.583. The average Bonchev–Trinajstić information content (AvgIpc) is 3.08. The number of hydrogen-bond donors (Lipinski definition) is 2. The average molecular weight is 340 g/mol. The van der Waals surface area contributed by atoms with Crippen molar-refractivity contribution >= 4 is 34.0 Å². The highest BCUT2D eigenvalue weighted by Gasteiger charge is 2.17. The lowest BCUT2D eigenvalue weighted by Gasteiger charge is -2.13. The summed E-state index contributed by atoms with van der Waals surface area (Å²) in [7, 11) is 1.82. The zero-order chi connectivity index (χ0) is 16.8. The van der Waals surface area contributed by atoms with Crippen LogP contribution in [-0.2, 0) is 0 Å². The van der Waals surface area contributed by atoms with Gasteiger partial charge in [0.25, 0.3) is 0 Å². The van der Waals surface area contributed by atoms with Crippen LogP contribution in [0.3, 0.4) is 0 Å². The van der Waals surface area contributed by atoms with E-state index in [0.717, 1.165) is 33.4 Å². The van der Waals surface area contributed by atoms with Gasteiger partial charge >= 0.3 is 0 Å². The lowest BCUT2D eigenvalue weighted by atomic mass is 9.99. The van der Waals surface area contributed by atoms with Crippen LogP contribution in [0, 0.1) is 6.92 Å². The van der Waals surface area contributed by atoms with Gasteiger partial charge in [0.15, 0.2) is 5.65 Å². The third-order valence-electron chi connectivity index (χ3n) is 4.12. The van der Waals surface area contributed by atoms with E-state index in [-0.39, 0.29) is 5.75 Å².